The summed E-state index contributed by atoms with van der Waals surface area (Å²) < 4.78 is 71.7. The third-order valence-electron chi connectivity index (χ3n) is 5.30. The van der Waals surface area contributed by atoms with E-state index in [9.17, 15) is 26.0 Å². The van der Waals surface area contributed by atoms with Crippen molar-refractivity contribution >= 4 is 26.0 Å². The Balaban J connectivity index is 1.90. The third-order valence-corrected chi connectivity index (χ3v) is 7.87. The van der Waals surface area contributed by atoms with Crippen LogP contribution in [0.3, 0.4) is 0 Å². The van der Waals surface area contributed by atoms with E-state index in [4.69, 9.17) is 9.88 Å². The lowest BCUT2D eigenvalue weighted by Crippen LogP contribution is -2.15. The van der Waals surface area contributed by atoms with Gasteiger partial charge in [0.1, 0.15) is 16.4 Å². The molecule has 37 heavy (non-hydrogen) atoms. The molecule has 10 nitrogen and oxygen atoms in total. The van der Waals surface area contributed by atoms with E-state index < -0.39 is 31.8 Å². The summed E-state index contributed by atoms with van der Waals surface area (Å²) in [6.45, 7) is 0.0734. The molecule has 2 heterocycles. The van der Waals surface area contributed by atoms with Gasteiger partial charge in [0.2, 0.25) is 10.0 Å². The number of nitrogens with zero attached hydrogens (tertiary/aromatic N) is 2. The minimum atomic E-state index is -4.29. The van der Waals surface area contributed by atoms with Crippen LogP contribution < -0.4 is 15.2 Å². The van der Waals surface area contributed by atoms with E-state index in [0.717, 1.165) is 28.4 Å². The third kappa shape index (κ3) is 5.29. The molecule has 0 atom stereocenters. The molecule has 0 saturated heterocycles. The van der Waals surface area contributed by atoms with Crippen molar-refractivity contribution in [2.45, 2.75) is 16.3 Å². The second-order valence-electron chi connectivity index (χ2n) is 7.79. The van der Waals surface area contributed by atoms with E-state index in [1.54, 1.807) is 7.05 Å². The number of aromatic nitrogens is 2. The topological polar surface area (TPSA) is 150 Å². The number of benzene rings is 2. The predicted octanol–water partition coefficient (Wildman–Crippen LogP) is 2.51. The maximum atomic E-state index is 15.0. The smallest absolute Gasteiger partial charge is 0.343 e. The van der Waals surface area contributed by atoms with Crippen molar-refractivity contribution in [1.29, 1.82) is 0 Å². The Hall–Kier alpha value is -3.91. The second-order valence-corrected chi connectivity index (χ2v) is 11.2. The number of ether oxygens (including phenoxy) is 1. The standard InChI is InChI=1S/C24H21FN4O6S2/c1-27-13-17-15-29(37(33,34)19-5-4-12-28-14-19)22(20-6-2-3-7-21(20)25)23(17)35-24(30)16-8-10-18(11-9-16)36(26,31)32/h2-12,14-15,27H,13H2,1H3,(H2,26,31,32). The molecule has 2 aromatic heterocycles. The van der Waals surface area contributed by atoms with E-state index in [-0.39, 0.29) is 44.5 Å². The van der Waals surface area contributed by atoms with Crippen molar-refractivity contribution in [3.63, 3.8) is 0 Å². The maximum absolute atomic E-state index is 15.0. The van der Waals surface area contributed by atoms with Crippen molar-refractivity contribution in [1.82, 2.24) is 14.3 Å². The first-order valence-electron chi connectivity index (χ1n) is 10.7. The number of pyridine rings is 1. The zero-order chi connectivity index (χ0) is 26.8. The van der Waals surface area contributed by atoms with Crippen molar-refractivity contribution in [2.75, 3.05) is 7.05 Å². The summed E-state index contributed by atoms with van der Waals surface area (Å²) in [5.74, 6) is -1.85. The molecule has 13 heteroatoms. The number of carbonyl (C=O) groups excluding carboxylic acids is 1. The van der Waals surface area contributed by atoms with Gasteiger partial charge in [-0.3, -0.25) is 4.98 Å². The normalized spacial score (nSPS) is 11.9. The molecular formula is C24H21FN4O6S2. The van der Waals surface area contributed by atoms with Crippen LogP contribution in [-0.2, 0) is 26.6 Å². The summed E-state index contributed by atoms with van der Waals surface area (Å²) >= 11 is 0. The van der Waals surface area contributed by atoms with Gasteiger partial charge in [-0.2, -0.15) is 0 Å². The van der Waals surface area contributed by atoms with Crippen molar-refractivity contribution in [3.05, 3.63) is 96.2 Å². The van der Waals surface area contributed by atoms with Gasteiger partial charge >= 0.3 is 5.97 Å². The highest BCUT2D eigenvalue weighted by Crippen LogP contribution is 2.39. The number of carbonyl (C=O) groups is 1. The van der Waals surface area contributed by atoms with Crippen molar-refractivity contribution < 1.29 is 30.8 Å². The number of nitrogens with one attached hydrogen (secondary N) is 1. The monoisotopic (exact) mass is 544 g/mol. The highest BCUT2D eigenvalue weighted by molar-refractivity contribution is 7.90. The molecule has 0 unspecified atom stereocenters. The molecule has 3 N–H and O–H groups in total. The SMILES string of the molecule is CNCc1cn(S(=O)(=O)c2cccnc2)c(-c2ccccc2F)c1OC(=O)c1ccc(S(N)(=O)=O)cc1. The Bertz CT molecular complexity index is 1670. The van der Waals surface area contributed by atoms with E-state index in [2.05, 4.69) is 10.3 Å². The quantitative estimate of drug-likeness (QED) is 0.321. The Morgan fingerprint density at radius 3 is 2.32 bits per heavy atom. The number of hydrogen-bond acceptors (Lipinski definition) is 8. The highest BCUT2D eigenvalue weighted by atomic mass is 32.2. The van der Waals surface area contributed by atoms with Gasteiger partial charge in [0.15, 0.2) is 5.75 Å². The number of rotatable bonds is 8. The molecule has 0 bridgehead atoms. The van der Waals surface area contributed by atoms with E-state index >= 15 is 0 Å². The zero-order valence-corrected chi connectivity index (χ0v) is 21.0. The summed E-state index contributed by atoms with van der Waals surface area (Å²) in [4.78, 5) is 16.5. The molecule has 0 aliphatic carbocycles. The molecule has 0 radical (unpaired) electrons. The lowest BCUT2D eigenvalue weighted by molar-refractivity contribution is 0.0734. The lowest BCUT2D eigenvalue weighted by Gasteiger charge is -2.13. The molecule has 0 saturated carbocycles. The summed E-state index contributed by atoms with van der Waals surface area (Å²) in [5, 5.41) is 7.97. The Labute approximate surface area is 212 Å². The number of halogens is 1. The second kappa shape index (κ2) is 10.2. The number of hydrogen-bond donors (Lipinski definition) is 2. The minimum absolute atomic E-state index is 0.0369. The first kappa shape index (κ1) is 26.2. The van der Waals surface area contributed by atoms with Gasteiger partial charge in [0, 0.05) is 36.3 Å². The van der Waals surface area contributed by atoms with Crippen LogP contribution in [-0.4, -0.2) is 38.8 Å². The number of primary sulfonamides is 1. The fourth-order valence-corrected chi connectivity index (χ4v) is 5.45. The number of esters is 1. The van der Waals surface area contributed by atoms with Gasteiger partial charge in [-0.1, -0.05) is 12.1 Å². The van der Waals surface area contributed by atoms with Gasteiger partial charge in [0.05, 0.1) is 10.5 Å². The molecule has 0 aliphatic heterocycles. The minimum Gasteiger partial charge on any atom is -0.420 e. The summed E-state index contributed by atoms with van der Waals surface area (Å²) in [7, 11) is -6.67. The van der Waals surface area contributed by atoms with Crippen molar-refractivity contribution in [3.8, 4) is 17.0 Å². The zero-order valence-electron chi connectivity index (χ0n) is 19.3. The highest BCUT2D eigenvalue weighted by Gasteiger charge is 2.30. The predicted molar refractivity (Wildman–Crippen MR) is 132 cm³/mol. The van der Waals surface area contributed by atoms with E-state index in [1.165, 1.54) is 54.9 Å². The van der Waals surface area contributed by atoms with Crippen LogP contribution in [0.15, 0.2) is 89.0 Å². The van der Waals surface area contributed by atoms with Crippen LogP contribution in [0.5, 0.6) is 5.75 Å². The first-order valence-corrected chi connectivity index (χ1v) is 13.7. The maximum Gasteiger partial charge on any atom is 0.343 e. The van der Waals surface area contributed by atoms with E-state index in [1.807, 2.05) is 0 Å². The molecule has 192 valence electrons. The average Bonchev–Trinajstić information content (AvgIpc) is 3.23. The van der Waals surface area contributed by atoms with Gasteiger partial charge in [0.25, 0.3) is 10.0 Å². The summed E-state index contributed by atoms with van der Waals surface area (Å²) in [6.07, 6.45) is 3.80. The van der Waals surface area contributed by atoms with Crippen LogP contribution in [0.25, 0.3) is 11.3 Å². The molecule has 0 amide bonds. The fraction of sp³-hybridized carbons (Fsp3) is 0.0833. The van der Waals surface area contributed by atoms with Crippen LogP contribution in [0.2, 0.25) is 0 Å². The van der Waals surface area contributed by atoms with Gasteiger partial charge in [-0.25, -0.2) is 35.1 Å². The molecule has 4 aromatic rings. The molecular weight excluding hydrogens is 523 g/mol. The van der Waals surface area contributed by atoms with Gasteiger partial charge in [-0.15, -0.1) is 0 Å². The first-order chi connectivity index (χ1) is 17.5. The summed E-state index contributed by atoms with van der Waals surface area (Å²) in [5.41, 5.74) is -0.112. The lowest BCUT2D eigenvalue weighted by atomic mass is 10.1. The van der Waals surface area contributed by atoms with Crippen LogP contribution in [0.1, 0.15) is 15.9 Å². The molecule has 0 fully saturated rings. The largest absolute Gasteiger partial charge is 0.420 e. The molecule has 0 spiro atoms. The summed E-state index contributed by atoms with van der Waals surface area (Å²) in [6, 6.07) is 12.9. The van der Waals surface area contributed by atoms with Crippen LogP contribution in [0, 0.1) is 5.82 Å². The van der Waals surface area contributed by atoms with E-state index in [0.29, 0.717) is 0 Å². The molecule has 0 aliphatic rings. The van der Waals surface area contributed by atoms with Crippen molar-refractivity contribution in [2.24, 2.45) is 5.14 Å². The Morgan fingerprint density at radius 2 is 1.73 bits per heavy atom. The molecule has 4 rings (SSSR count). The average molecular weight is 545 g/mol. The number of nitrogens with two attached hydrogens (primary N) is 1. The Kier molecular flexibility index (Phi) is 7.23. The fourth-order valence-electron chi connectivity index (χ4n) is 3.58. The van der Waals surface area contributed by atoms with Gasteiger partial charge in [-0.05, 0) is 55.6 Å². The molecule has 2 aromatic carbocycles. The van der Waals surface area contributed by atoms with Gasteiger partial charge < -0.3 is 10.1 Å². The van der Waals surface area contributed by atoms with Crippen LogP contribution >= 0.6 is 0 Å². The number of sulfonamides is 1. The Morgan fingerprint density at radius 1 is 1.03 bits per heavy atom. The van der Waals surface area contributed by atoms with Crippen LogP contribution in [0.4, 0.5) is 4.39 Å².